The van der Waals surface area contributed by atoms with Crippen molar-refractivity contribution in [3.63, 3.8) is 0 Å². The molecule has 1 atom stereocenters. The van der Waals surface area contributed by atoms with Crippen molar-refractivity contribution >= 4 is 35.2 Å². The fraction of sp³-hybridized carbons (Fsp3) is 0.357. The van der Waals surface area contributed by atoms with E-state index in [1.54, 1.807) is 24.3 Å². The first-order chi connectivity index (χ1) is 9.48. The first kappa shape index (κ1) is 15.3. The van der Waals surface area contributed by atoms with E-state index in [1.165, 1.54) is 6.08 Å². The molecule has 1 aromatic carbocycles. The molecule has 1 heterocycles. The maximum Gasteiger partial charge on any atom is 0.244 e. The zero-order valence-electron chi connectivity index (χ0n) is 10.7. The van der Waals surface area contributed by atoms with Gasteiger partial charge in [-0.3, -0.25) is 4.79 Å². The van der Waals surface area contributed by atoms with Crippen LogP contribution in [0.1, 0.15) is 12.0 Å². The van der Waals surface area contributed by atoms with Gasteiger partial charge in [-0.05, 0) is 29.8 Å². The quantitative estimate of drug-likeness (QED) is 0.838. The number of ether oxygens (including phenoxy) is 1. The molecule has 0 bridgehead atoms. The van der Waals surface area contributed by atoms with Crippen molar-refractivity contribution in [2.75, 3.05) is 19.8 Å². The molecule has 1 aliphatic heterocycles. The smallest absolute Gasteiger partial charge is 0.244 e. The van der Waals surface area contributed by atoms with Crippen LogP contribution in [0.5, 0.6) is 0 Å². The number of hydrogen-bond donors (Lipinski definition) is 2. The molecule has 0 saturated carbocycles. The molecule has 108 valence electrons. The Morgan fingerprint density at radius 1 is 1.50 bits per heavy atom. The maximum absolute atomic E-state index is 11.7. The average Bonchev–Trinajstić information content (AvgIpc) is 2.85. The summed E-state index contributed by atoms with van der Waals surface area (Å²) in [5, 5.41) is 13.7. The maximum atomic E-state index is 11.7. The molecule has 2 rings (SSSR count). The molecule has 1 unspecified atom stereocenters. The van der Waals surface area contributed by atoms with Crippen LogP contribution in [0.25, 0.3) is 6.08 Å². The Morgan fingerprint density at radius 3 is 3.00 bits per heavy atom. The number of halogens is 2. The molecule has 6 heteroatoms. The van der Waals surface area contributed by atoms with E-state index in [2.05, 4.69) is 5.32 Å². The third kappa shape index (κ3) is 4.21. The van der Waals surface area contributed by atoms with E-state index in [0.717, 1.165) is 0 Å². The highest BCUT2D eigenvalue weighted by atomic mass is 35.5. The summed E-state index contributed by atoms with van der Waals surface area (Å²) >= 11 is 11.8. The lowest BCUT2D eigenvalue weighted by atomic mass is 10.0. The molecule has 0 aliphatic carbocycles. The van der Waals surface area contributed by atoms with Crippen LogP contribution in [0.4, 0.5) is 0 Å². The van der Waals surface area contributed by atoms with Crippen molar-refractivity contribution in [1.82, 2.24) is 5.32 Å². The van der Waals surface area contributed by atoms with Gasteiger partial charge in [0.1, 0.15) is 5.60 Å². The highest BCUT2D eigenvalue weighted by Gasteiger charge is 2.32. The summed E-state index contributed by atoms with van der Waals surface area (Å²) < 4.78 is 5.10. The summed E-state index contributed by atoms with van der Waals surface area (Å²) in [7, 11) is 0. The topological polar surface area (TPSA) is 58.6 Å². The van der Waals surface area contributed by atoms with E-state index in [0.29, 0.717) is 28.6 Å². The summed E-state index contributed by atoms with van der Waals surface area (Å²) in [5.41, 5.74) is -0.297. The number of hydrogen-bond acceptors (Lipinski definition) is 3. The molecule has 1 amide bonds. The van der Waals surface area contributed by atoms with Crippen LogP contribution in [0.3, 0.4) is 0 Å². The van der Waals surface area contributed by atoms with E-state index in [9.17, 15) is 9.90 Å². The van der Waals surface area contributed by atoms with Gasteiger partial charge in [-0.15, -0.1) is 0 Å². The number of carbonyl (C=O) groups is 1. The second-order valence-corrected chi connectivity index (χ2v) is 5.59. The Bertz CT molecular complexity index is 525. The molecule has 1 aliphatic rings. The highest BCUT2D eigenvalue weighted by Crippen LogP contribution is 2.21. The minimum Gasteiger partial charge on any atom is -0.386 e. The van der Waals surface area contributed by atoms with Crippen molar-refractivity contribution in [3.05, 3.63) is 39.9 Å². The predicted molar refractivity (Wildman–Crippen MR) is 78.9 cm³/mol. The number of nitrogens with one attached hydrogen (secondary N) is 1. The van der Waals surface area contributed by atoms with Crippen LogP contribution in [0.2, 0.25) is 10.0 Å². The van der Waals surface area contributed by atoms with Gasteiger partial charge in [0.2, 0.25) is 5.91 Å². The molecule has 4 nitrogen and oxygen atoms in total. The van der Waals surface area contributed by atoms with Gasteiger partial charge >= 0.3 is 0 Å². The lowest BCUT2D eigenvalue weighted by Gasteiger charge is -2.19. The molecule has 20 heavy (non-hydrogen) atoms. The summed E-state index contributed by atoms with van der Waals surface area (Å²) in [6.07, 6.45) is 3.46. The van der Waals surface area contributed by atoms with Crippen LogP contribution in [-0.4, -0.2) is 36.4 Å². The lowest BCUT2D eigenvalue weighted by molar-refractivity contribution is -0.117. The monoisotopic (exact) mass is 315 g/mol. The standard InChI is InChI=1S/C14H15Cl2NO3/c15-11-2-3-12(16)10(7-11)1-4-13(18)17-8-14(19)5-6-20-9-14/h1-4,7,19H,5-6,8-9H2,(H,17,18)/b4-1+. The lowest BCUT2D eigenvalue weighted by Crippen LogP contribution is -2.42. The van der Waals surface area contributed by atoms with Crippen molar-refractivity contribution in [1.29, 1.82) is 0 Å². The SMILES string of the molecule is O=C(/C=C/c1cc(Cl)ccc1Cl)NCC1(O)CCOC1. The van der Waals surface area contributed by atoms with Gasteiger partial charge in [0.15, 0.2) is 0 Å². The molecule has 1 fully saturated rings. The molecule has 0 aromatic heterocycles. The number of rotatable bonds is 4. The minimum atomic E-state index is -0.961. The molecule has 0 radical (unpaired) electrons. The van der Waals surface area contributed by atoms with Crippen LogP contribution in [0, 0.1) is 0 Å². The Kier molecular flexibility index (Phi) is 5.05. The van der Waals surface area contributed by atoms with Gasteiger partial charge in [-0.25, -0.2) is 0 Å². The van der Waals surface area contributed by atoms with E-state index in [4.69, 9.17) is 27.9 Å². The third-order valence-electron chi connectivity index (χ3n) is 3.05. The predicted octanol–water partition coefficient (Wildman–Crippen LogP) is 2.27. The van der Waals surface area contributed by atoms with E-state index in [-0.39, 0.29) is 19.1 Å². The summed E-state index contributed by atoms with van der Waals surface area (Å²) in [4.78, 5) is 11.7. The summed E-state index contributed by atoms with van der Waals surface area (Å²) in [5.74, 6) is -0.304. The minimum absolute atomic E-state index is 0.166. The molecule has 2 N–H and O–H groups in total. The number of amides is 1. The van der Waals surface area contributed by atoms with Gasteiger partial charge in [0.25, 0.3) is 0 Å². The Balaban J connectivity index is 1.90. The van der Waals surface area contributed by atoms with E-state index < -0.39 is 5.60 Å². The second-order valence-electron chi connectivity index (χ2n) is 4.74. The van der Waals surface area contributed by atoms with E-state index >= 15 is 0 Å². The number of carbonyl (C=O) groups excluding carboxylic acids is 1. The van der Waals surface area contributed by atoms with Crippen molar-refractivity contribution in [3.8, 4) is 0 Å². The molecule has 1 aromatic rings. The first-order valence-corrected chi connectivity index (χ1v) is 6.95. The largest absolute Gasteiger partial charge is 0.386 e. The van der Waals surface area contributed by atoms with Gasteiger partial charge in [-0.2, -0.15) is 0 Å². The van der Waals surface area contributed by atoms with Crippen molar-refractivity contribution in [2.24, 2.45) is 0 Å². The Hall–Kier alpha value is -1.07. The fourth-order valence-corrected chi connectivity index (χ4v) is 2.22. The second kappa shape index (κ2) is 6.59. The molecule has 0 spiro atoms. The summed E-state index contributed by atoms with van der Waals surface area (Å²) in [6.45, 7) is 0.927. The van der Waals surface area contributed by atoms with Crippen LogP contribution < -0.4 is 5.32 Å². The fourth-order valence-electron chi connectivity index (χ4n) is 1.85. The van der Waals surface area contributed by atoms with Gasteiger partial charge in [-0.1, -0.05) is 23.2 Å². The van der Waals surface area contributed by atoms with Crippen molar-refractivity contribution in [2.45, 2.75) is 12.0 Å². The number of benzene rings is 1. The van der Waals surface area contributed by atoms with Crippen molar-refractivity contribution < 1.29 is 14.6 Å². The van der Waals surface area contributed by atoms with Crippen LogP contribution >= 0.6 is 23.2 Å². The highest BCUT2D eigenvalue weighted by molar-refractivity contribution is 6.34. The average molecular weight is 316 g/mol. The number of aliphatic hydroxyl groups is 1. The molecule has 1 saturated heterocycles. The van der Waals surface area contributed by atoms with Gasteiger partial charge < -0.3 is 15.2 Å². The Labute approximate surface area is 127 Å². The van der Waals surface area contributed by atoms with Gasteiger partial charge in [0, 0.05) is 35.7 Å². The zero-order chi connectivity index (χ0) is 14.6. The first-order valence-electron chi connectivity index (χ1n) is 6.20. The zero-order valence-corrected chi connectivity index (χ0v) is 12.2. The van der Waals surface area contributed by atoms with Crippen LogP contribution in [-0.2, 0) is 9.53 Å². The normalized spacial score (nSPS) is 22.4. The summed E-state index contributed by atoms with van der Waals surface area (Å²) in [6, 6.07) is 5.02. The van der Waals surface area contributed by atoms with Gasteiger partial charge in [0.05, 0.1) is 6.61 Å². The van der Waals surface area contributed by atoms with Crippen LogP contribution in [0.15, 0.2) is 24.3 Å². The molecular weight excluding hydrogens is 301 g/mol. The third-order valence-corrected chi connectivity index (χ3v) is 3.63. The van der Waals surface area contributed by atoms with E-state index in [1.807, 2.05) is 0 Å². The Morgan fingerprint density at radius 2 is 2.30 bits per heavy atom. The molecular formula is C14H15Cl2NO3.